The molecular formula is C33H42O6. The van der Waals surface area contributed by atoms with Gasteiger partial charge in [0.2, 0.25) is 0 Å². The predicted molar refractivity (Wildman–Crippen MR) is 148 cm³/mol. The van der Waals surface area contributed by atoms with Crippen LogP contribution in [0, 0.1) is 34.5 Å². The van der Waals surface area contributed by atoms with Crippen LogP contribution in [0.1, 0.15) is 84.0 Å². The van der Waals surface area contributed by atoms with Crippen LogP contribution in [-0.4, -0.2) is 40.6 Å². The van der Waals surface area contributed by atoms with E-state index in [-0.39, 0.29) is 29.5 Å². The van der Waals surface area contributed by atoms with Crippen molar-refractivity contribution in [3.8, 4) is 0 Å². The van der Waals surface area contributed by atoms with Crippen molar-refractivity contribution in [2.75, 3.05) is 0 Å². The molecule has 1 aromatic rings. The van der Waals surface area contributed by atoms with Gasteiger partial charge < -0.3 is 14.6 Å². The Bertz CT molecular complexity index is 1230. The lowest BCUT2D eigenvalue weighted by Gasteiger charge is -2.49. The summed E-state index contributed by atoms with van der Waals surface area (Å²) in [6.07, 6.45) is 5.06. The van der Waals surface area contributed by atoms with Gasteiger partial charge in [0.05, 0.1) is 11.0 Å². The standard InChI is InChI=1S/C33H42O6/c1-7-8-10-15-25(34)38-29-20(3)18-32-21(4)17-24-26(31(24,5)6)23(27(32)35)16-19(2)28(33(29,32)37)39-30(36)22-13-11-9-12-14-22/h9,11-14,16,18,21,23-24,26,28-29,37H,7-8,10,15,17H2,1-6H3. The molecule has 2 fully saturated rings. The topological polar surface area (TPSA) is 89.9 Å². The van der Waals surface area contributed by atoms with Gasteiger partial charge in [0, 0.05) is 12.3 Å². The van der Waals surface area contributed by atoms with Gasteiger partial charge in [-0.25, -0.2) is 4.79 Å². The first-order valence-electron chi connectivity index (χ1n) is 14.5. The van der Waals surface area contributed by atoms with Crippen LogP contribution in [0.3, 0.4) is 0 Å². The second kappa shape index (κ2) is 9.72. The van der Waals surface area contributed by atoms with Crippen molar-refractivity contribution >= 4 is 17.7 Å². The molecule has 8 unspecified atom stereocenters. The summed E-state index contributed by atoms with van der Waals surface area (Å²) in [7, 11) is 0. The van der Waals surface area contributed by atoms with Crippen LogP contribution in [0.2, 0.25) is 0 Å². The number of esters is 2. The van der Waals surface area contributed by atoms with E-state index in [4.69, 9.17) is 9.47 Å². The van der Waals surface area contributed by atoms with Gasteiger partial charge >= 0.3 is 11.9 Å². The maximum Gasteiger partial charge on any atom is 0.338 e. The van der Waals surface area contributed by atoms with E-state index in [1.807, 2.05) is 39.0 Å². The van der Waals surface area contributed by atoms with Crippen LogP contribution in [-0.2, 0) is 19.1 Å². The molecule has 210 valence electrons. The molecule has 1 aromatic carbocycles. The number of ether oxygens (including phenoxy) is 2. The van der Waals surface area contributed by atoms with Gasteiger partial charge in [-0.3, -0.25) is 9.59 Å². The third-order valence-electron chi connectivity index (χ3n) is 10.3. The van der Waals surface area contributed by atoms with Crippen molar-refractivity contribution in [3.05, 3.63) is 59.2 Å². The molecule has 0 amide bonds. The number of hydrogen-bond acceptors (Lipinski definition) is 6. The lowest BCUT2D eigenvalue weighted by molar-refractivity contribution is -0.203. The highest BCUT2D eigenvalue weighted by molar-refractivity contribution is 5.96. The minimum absolute atomic E-state index is 0.00809. The summed E-state index contributed by atoms with van der Waals surface area (Å²) in [5.41, 5.74) is -1.71. The summed E-state index contributed by atoms with van der Waals surface area (Å²) >= 11 is 0. The van der Waals surface area contributed by atoms with Crippen LogP contribution in [0.25, 0.3) is 0 Å². The summed E-state index contributed by atoms with van der Waals surface area (Å²) < 4.78 is 12.2. The number of ketones is 1. The number of carbonyl (C=O) groups excluding carboxylic acids is 3. The first-order valence-corrected chi connectivity index (χ1v) is 14.5. The number of Topliss-reactive ketones (excluding diaryl/α,β-unsaturated/α-hetero) is 1. The second-order valence-corrected chi connectivity index (χ2v) is 13.0. The van der Waals surface area contributed by atoms with Gasteiger partial charge in [-0.2, -0.15) is 0 Å². The molecule has 6 heteroatoms. The Morgan fingerprint density at radius 3 is 2.36 bits per heavy atom. The fourth-order valence-electron chi connectivity index (χ4n) is 8.19. The summed E-state index contributed by atoms with van der Waals surface area (Å²) in [5, 5.41) is 13.0. The number of unbranched alkanes of at least 4 members (excludes halogenated alkanes) is 2. The SMILES string of the molecule is CCCCCC(=O)OC1C(C)=CC23C(=O)C(C=C(C)C(OC(=O)c4ccccc4)C12O)C1C(CC3C)C1(C)C. The quantitative estimate of drug-likeness (QED) is 0.269. The summed E-state index contributed by atoms with van der Waals surface area (Å²) in [5.74, 6) is -1.22. The van der Waals surface area contributed by atoms with Crippen LogP contribution in [0.4, 0.5) is 0 Å². The fourth-order valence-corrected chi connectivity index (χ4v) is 8.19. The first-order chi connectivity index (χ1) is 18.4. The Balaban J connectivity index is 1.63. The molecule has 0 heterocycles. The molecule has 4 aliphatic rings. The zero-order valence-corrected chi connectivity index (χ0v) is 24.0. The number of aliphatic hydroxyl groups is 1. The van der Waals surface area contributed by atoms with Crippen LogP contribution in [0.15, 0.2) is 53.6 Å². The van der Waals surface area contributed by atoms with E-state index in [0.717, 1.165) is 19.3 Å². The number of rotatable bonds is 7. The Kier molecular flexibility index (Phi) is 6.94. The normalized spacial score (nSPS) is 37.9. The third-order valence-corrected chi connectivity index (χ3v) is 10.3. The zero-order valence-electron chi connectivity index (χ0n) is 24.0. The highest BCUT2D eigenvalue weighted by Crippen LogP contribution is 2.72. The Hall–Kier alpha value is -2.73. The predicted octanol–water partition coefficient (Wildman–Crippen LogP) is 5.84. The number of allylic oxidation sites excluding steroid dienone is 1. The lowest BCUT2D eigenvalue weighted by atomic mass is 9.59. The fraction of sp³-hybridized carbons (Fsp3) is 0.606. The minimum atomic E-state index is -1.96. The molecule has 1 spiro atoms. The van der Waals surface area contributed by atoms with Crippen molar-refractivity contribution in [3.63, 3.8) is 0 Å². The smallest absolute Gasteiger partial charge is 0.338 e. The van der Waals surface area contributed by atoms with Crippen molar-refractivity contribution in [2.24, 2.45) is 34.5 Å². The van der Waals surface area contributed by atoms with Gasteiger partial charge in [-0.15, -0.1) is 0 Å². The molecule has 5 rings (SSSR count). The number of hydrogen-bond donors (Lipinski definition) is 1. The molecule has 2 saturated carbocycles. The molecule has 4 aliphatic carbocycles. The molecule has 0 aromatic heterocycles. The van der Waals surface area contributed by atoms with Gasteiger partial charge in [-0.1, -0.05) is 70.9 Å². The van der Waals surface area contributed by atoms with Crippen molar-refractivity contribution in [1.82, 2.24) is 0 Å². The molecule has 0 aliphatic heterocycles. The van der Waals surface area contributed by atoms with Crippen LogP contribution in [0.5, 0.6) is 0 Å². The van der Waals surface area contributed by atoms with E-state index < -0.39 is 41.1 Å². The molecule has 8 atom stereocenters. The third kappa shape index (κ3) is 4.04. The number of benzene rings is 1. The van der Waals surface area contributed by atoms with E-state index in [9.17, 15) is 19.5 Å². The molecule has 0 radical (unpaired) electrons. The van der Waals surface area contributed by atoms with E-state index in [1.165, 1.54) is 0 Å². The highest BCUT2D eigenvalue weighted by Gasteiger charge is 2.77. The molecule has 39 heavy (non-hydrogen) atoms. The Morgan fingerprint density at radius 2 is 1.69 bits per heavy atom. The van der Waals surface area contributed by atoms with Gasteiger partial charge in [0.15, 0.2) is 23.6 Å². The molecule has 1 N–H and O–H groups in total. The number of fused-ring (bicyclic) bond motifs is 3. The van der Waals surface area contributed by atoms with Crippen molar-refractivity contribution < 1.29 is 29.0 Å². The minimum Gasteiger partial charge on any atom is -0.455 e. The van der Waals surface area contributed by atoms with Crippen LogP contribution < -0.4 is 0 Å². The van der Waals surface area contributed by atoms with Gasteiger partial charge in [0.1, 0.15) is 0 Å². The summed E-state index contributed by atoms with van der Waals surface area (Å²) in [4.78, 5) is 41.1. The van der Waals surface area contributed by atoms with E-state index in [1.54, 1.807) is 24.3 Å². The monoisotopic (exact) mass is 534 g/mol. The van der Waals surface area contributed by atoms with E-state index >= 15 is 0 Å². The maximum absolute atomic E-state index is 14.7. The second-order valence-electron chi connectivity index (χ2n) is 13.0. The average Bonchev–Trinajstić information content (AvgIpc) is 3.39. The van der Waals surface area contributed by atoms with Crippen LogP contribution >= 0.6 is 0 Å². The summed E-state index contributed by atoms with van der Waals surface area (Å²) in [6.45, 7) is 12.1. The molecule has 2 bridgehead atoms. The van der Waals surface area contributed by atoms with Crippen molar-refractivity contribution in [1.29, 1.82) is 0 Å². The summed E-state index contributed by atoms with van der Waals surface area (Å²) in [6, 6.07) is 8.65. The first kappa shape index (κ1) is 27.8. The van der Waals surface area contributed by atoms with Gasteiger partial charge in [0.25, 0.3) is 0 Å². The van der Waals surface area contributed by atoms with Crippen molar-refractivity contribution in [2.45, 2.75) is 91.5 Å². The van der Waals surface area contributed by atoms with E-state index in [2.05, 4.69) is 20.8 Å². The number of carbonyl (C=O) groups is 3. The molecule has 0 saturated heterocycles. The molecule has 6 nitrogen and oxygen atoms in total. The lowest BCUT2D eigenvalue weighted by Crippen LogP contribution is -2.66. The molecular weight excluding hydrogens is 492 g/mol. The van der Waals surface area contributed by atoms with Gasteiger partial charge in [-0.05, 0) is 73.1 Å². The zero-order chi connectivity index (χ0) is 28.3. The van der Waals surface area contributed by atoms with E-state index in [0.29, 0.717) is 29.0 Å². The maximum atomic E-state index is 14.7. The highest BCUT2D eigenvalue weighted by atomic mass is 16.6. The Labute approximate surface area is 231 Å². The largest absolute Gasteiger partial charge is 0.455 e. The average molecular weight is 535 g/mol. The Morgan fingerprint density at radius 1 is 1.03 bits per heavy atom.